The molecule has 122 valence electrons. The van der Waals surface area contributed by atoms with Crippen LogP contribution in [0.5, 0.6) is 0 Å². The molecule has 22 heavy (non-hydrogen) atoms. The van der Waals surface area contributed by atoms with Crippen molar-refractivity contribution in [1.29, 1.82) is 0 Å². The van der Waals surface area contributed by atoms with Gasteiger partial charge in [-0.1, -0.05) is 0 Å². The molecule has 0 saturated carbocycles. The first kappa shape index (κ1) is 15.3. The summed E-state index contributed by atoms with van der Waals surface area (Å²) in [7, 11) is 0. The molecule has 3 rings (SSSR count). The van der Waals surface area contributed by atoms with Crippen LogP contribution in [-0.4, -0.2) is 46.0 Å². The van der Waals surface area contributed by atoms with Gasteiger partial charge < -0.3 is 15.0 Å². The van der Waals surface area contributed by atoms with Crippen LogP contribution in [-0.2, 0) is 17.7 Å². The first-order valence-corrected chi connectivity index (χ1v) is 8.18. The summed E-state index contributed by atoms with van der Waals surface area (Å²) in [5.74, 6) is 0. The topological polar surface area (TPSA) is 59.4 Å². The Morgan fingerprint density at radius 1 is 1.36 bits per heavy atom. The van der Waals surface area contributed by atoms with Gasteiger partial charge in [0.25, 0.3) is 0 Å². The van der Waals surface area contributed by atoms with Crippen molar-refractivity contribution in [3.05, 3.63) is 17.5 Å². The van der Waals surface area contributed by atoms with Gasteiger partial charge in [-0.25, -0.2) is 4.79 Å². The number of hydrogen-bond donors (Lipinski definition) is 1. The molecular weight excluding hydrogens is 280 g/mol. The Morgan fingerprint density at radius 2 is 2.09 bits per heavy atom. The number of nitrogens with one attached hydrogen (secondary N) is 1. The summed E-state index contributed by atoms with van der Waals surface area (Å²) in [6.07, 6.45) is 4.95. The molecule has 0 spiro atoms. The number of nitrogens with zero attached hydrogens (tertiary/aromatic N) is 3. The summed E-state index contributed by atoms with van der Waals surface area (Å²) in [5, 5.41) is 8.13. The summed E-state index contributed by atoms with van der Waals surface area (Å²) in [4.78, 5) is 14.0. The van der Waals surface area contributed by atoms with Gasteiger partial charge in [0, 0.05) is 24.7 Å². The number of ether oxygens (including phenoxy) is 1. The van der Waals surface area contributed by atoms with E-state index >= 15 is 0 Å². The minimum absolute atomic E-state index is 0.229. The second-order valence-corrected chi connectivity index (χ2v) is 7.21. The van der Waals surface area contributed by atoms with Crippen LogP contribution in [0.2, 0.25) is 0 Å². The van der Waals surface area contributed by atoms with Crippen molar-refractivity contribution in [3.8, 4) is 0 Å². The summed E-state index contributed by atoms with van der Waals surface area (Å²) in [6, 6.07) is 0.488. The van der Waals surface area contributed by atoms with Crippen LogP contribution in [0, 0.1) is 0 Å². The van der Waals surface area contributed by atoms with E-state index in [4.69, 9.17) is 9.84 Å². The lowest BCUT2D eigenvalue weighted by Crippen LogP contribution is -2.39. The van der Waals surface area contributed by atoms with Gasteiger partial charge in [0.2, 0.25) is 0 Å². The predicted molar refractivity (Wildman–Crippen MR) is 83.7 cm³/mol. The second kappa shape index (κ2) is 5.91. The third-order valence-electron chi connectivity index (χ3n) is 4.21. The summed E-state index contributed by atoms with van der Waals surface area (Å²) >= 11 is 0. The van der Waals surface area contributed by atoms with E-state index in [1.807, 2.05) is 20.8 Å². The van der Waals surface area contributed by atoms with Crippen LogP contribution in [0.15, 0.2) is 6.20 Å². The number of carbonyl (C=O) groups excluding carboxylic acids is 1. The first-order valence-electron chi connectivity index (χ1n) is 8.18. The molecule has 2 aliphatic rings. The van der Waals surface area contributed by atoms with Crippen molar-refractivity contribution < 1.29 is 9.53 Å². The highest BCUT2D eigenvalue weighted by Crippen LogP contribution is 2.24. The Labute approximate surface area is 131 Å². The zero-order valence-electron chi connectivity index (χ0n) is 13.8. The van der Waals surface area contributed by atoms with Crippen molar-refractivity contribution in [3.63, 3.8) is 0 Å². The van der Waals surface area contributed by atoms with Crippen LogP contribution in [0.4, 0.5) is 4.79 Å². The van der Waals surface area contributed by atoms with Gasteiger partial charge in [-0.15, -0.1) is 0 Å². The lowest BCUT2D eigenvalue weighted by Gasteiger charge is -2.29. The average Bonchev–Trinajstić information content (AvgIpc) is 2.89. The third kappa shape index (κ3) is 3.43. The van der Waals surface area contributed by atoms with Crippen LogP contribution in [0.1, 0.15) is 50.9 Å². The number of rotatable bonds is 1. The minimum atomic E-state index is -0.448. The van der Waals surface area contributed by atoms with Gasteiger partial charge in [-0.05, 0) is 46.7 Å². The SMILES string of the molecule is CC(C)(C)OC(=O)N1CCc2nn(C3CCNCC3)cc2C1. The van der Waals surface area contributed by atoms with Crippen molar-refractivity contribution in [2.24, 2.45) is 0 Å². The summed E-state index contributed by atoms with van der Waals surface area (Å²) in [5.41, 5.74) is 1.85. The number of carbonyl (C=O) groups is 1. The number of amides is 1. The van der Waals surface area contributed by atoms with E-state index in [0.717, 1.165) is 43.6 Å². The van der Waals surface area contributed by atoms with E-state index in [2.05, 4.69) is 16.2 Å². The molecule has 0 aliphatic carbocycles. The van der Waals surface area contributed by atoms with Crippen molar-refractivity contribution >= 4 is 6.09 Å². The van der Waals surface area contributed by atoms with Crippen molar-refractivity contribution in [2.75, 3.05) is 19.6 Å². The first-order chi connectivity index (χ1) is 10.4. The van der Waals surface area contributed by atoms with Crippen LogP contribution in [0.3, 0.4) is 0 Å². The smallest absolute Gasteiger partial charge is 0.410 e. The van der Waals surface area contributed by atoms with Crippen molar-refractivity contribution in [2.45, 2.75) is 58.2 Å². The summed E-state index contributed by atoms with van der Waals surface area (Å²) < 4.78 is 7.58. The molecule has 0 radical (unpaired) electrons. The zero-order valence-corrected chi connectivity index (χ0v) is 13.8. The van der Waals surface area contributed by atoms with Gasteiger partial charge in [0.1, 0.15) is 5.60 Å². The minimum Gasteiger partial charge on any atom is -0.444 e. The number of fused-ring (bicyclic) bond motifs is 1. The van der Waals surface area contributed by atoms with Gasteiger partial charge in [-0.3, -0.25) is 4.68 Å². The van der Waals surface area contributed by atoms with Crippen molar-refractivity contribution in [1.82, 2.24) is 20.0 Å². The maximum Gasteiger partial charge on any atom is 0.410 e. The Morgan fingerprint density at radius 3 is 2.77 bits per heavy atom. The third-order valence-corrected chi connectivity index (χ3v) is 4.21. The molecular formula is C16H26N4O2. The summed E-state index contributed by atoms with van der Waals surface area (Å²) in [6.45, 7) is 9.10. The molecule has 0 atom stereocenters. The molecule has 6 nitrogen and oxygen atoms in total. The highest BCUT2D eigenvalue weighted by molar-refractivity contribution is 5.68. The molecule has 0 unspecified atom stereocenters. The Balaban J connectivity index is 1.68. The molecule has 2 aliphatic heterocycles. The van der Waals surface area contributed by atoms with Gasteiger partial charge >= 0.3 is 6.09 Å². The van der Waals surface area contributed by atoms with E-state index in [-0.39, 0.29) is 6.09 Å². The Kier molecular flexibility index (Phi) is 4.12. The van der Waals surface area contributed by atoms with E-state index in [1.54, 1.807) is 4.90 Å². The Hall–Kier alpha value is -1.56. The largest absolute Gasteiger partial charge is 0.444 e. The van der Waals surface area contributed by atoms with E-state index in [9.17, 15) is 4.79 Å². The highest BCUT2D eigenvalue weighted by atomic mass is 16.6. The number of piperidine rings is 1. The van der Waals surface area contributed by atoms with E-state index in [1.165, 1.54) is 0 Å². The average molecular weight is 306 g/mol. The van der Waals surface area contributed by atoms with Crippen LogP contribution < -0.4 is 5.32 Å². The number of aromatic nitrogens is 2. The molecule has 1 amide bonds. The fourth-order valence-electron chi connectivity index (χ4n) is 3.08. The van der Waals surface area contributed by atoms with Gasteiger partial charge in [0.05, 0.1) is 18.3 Å². The fraction of sp³-hybridized carbons (Fsp3) is 0.750. The van der Waals surface area contributed by atoms with E-state index < -0.39 is 5.60 Å². The Bertz CT molecular complexity index is 541. The van der Waals surface area contributed by atoms with Crippen LogP contribution >= 0.6 is 0 Å². The highest BCUT2D eigenvalue weighted by Gasteiger charge is 2.28. The monoisotopic (exact) mass is 306 g/mol. The second-order valence-electron chi connectivity index (χ2n) is 7.21. The molecule has 1 aromatic heterocycles. The molecule has 1 N–H and O–H groups in total. The molecule has 0 aromatic carbocycles. The predicted octanol–water partition coefficient (Wildman–Crippen LogP) is 2.10. The standard InChI is InChI=1S/C16H26N4O2/c1-16(2,3)22-15(21)19-9-6-14-12(10-19)11-20(18-14)13-4-7-17-8-5-13/h11,13,17H,4-10H2,1-3H3. The van der Waals surface area contributed by atoms with Gasteiger partial charge in [0.15, 0.2) is 0 Å². The lowest BCUT2D eigenvalue weighted by atomic mass is 10.1. The molecule has 1 saturated heterocycles. The number of hydrogen-bond acceptors (Lipinski definition) is 4. The molecule has 1 aromatic rings. The van der Waals surface area contributed by atoms with Gasteiger partial charge in [-0.2, -0.15) is 5.10 Å². The maximum atomic E-state index is 12.2. The molecule has 0 bridgehead atoms. The molecule has 1 fully saturated rings. The van der Waals surface area contributed by atoms with E-state index in [0.29, 0.717) is 19.1 Å². The lowest BCUT2D eigenvalue weighted by molar-refractivity contribution is 0.0223. The molecule has 6 heteroatoms. The van der Waals surface area contributed by atoms with Crippen LogP contribution in [0.25, 0.3) is 0 Å². The molecule has 3 heterocycles. The fourth-order valence-corrected chi connectivity index (χ4v) is 3.08. The maximum absolute atomic E-state index is 12.2. The normalized spacial score (nSPS) is 19.9. The zero-order chi connectivity index (χ0) is 15.7. The quantitative estimate of drug-likeness (QED) is 0.863.